The lowest BCUT2D eigenvalue weighted by Crippen LogP contribution is -2.24. The van der Waals surface area contributed by atoms with Gasteiger partial charge in [0, 0.05) is 12.0 Å². The molecular weight excluding hydrogens is 246 g/mol. The Kier molecular flexibility index (Phi) is 4.03. The highest BCUT2D eigenvalue weighted by Crippen LogP contribution is 2.31. The van der Waals surface area contributed by atoms with Gasteiger partial charge in [-0.15, -0.1) is 0 Å². The normalized spacial score (nSPS) is 17.1. The molecule has 0 spiro atoms. The SMILES string of the molecule is CNCC[C@H](Oc1cccc2c1CC=C2)C1=CCC=C1. The van der Waals surface area contributed by atoms with Crippen LogP contribution in [-0.2, 0) is 6.42 Å². The van der Waals surface area contributed by atoms with Gasteiger partial charge in [0.25, 0.3) is 0 Å². The predicted octanol–water partition coefficient (Wildman–Crippen LogP) is 3.50. The third kappa shape index (κ3) is 2.70. The largest absolute Gasteiger partial charge is 0.485 e. The first kappa shape index (κ1) is 13.2. The van der Waals surface area contributed by atoms with E-state index in [4.69, 9.17) is 4.74 Å². The number of benzene rings is 1. The van der Waals surface area contributed by atoms with E-state index in [1.165, 1.54) is 16.7 Å². The van der Waals surface area contributed by atoms with Gasteiger partial charge in [-0.3, -0.25) is 0 Å². The molecule has 0 fully saturated rings. The van der Waals surface area contributed by atoms with E-state index in [0.717, 1.165) is 31.6 Å². The number of hydrogen-bond donors (Lipinski definition) is 1. The van der Waals surface area contributed by atoms with Crippen molar-refractivity contribution in [3.05, 3.63) is 59.2 Å². The fourth-order valence-corrected chi connectivity index (χ4v) is 2.81. The molecule has 0 radical (unpaired) electrons. The van der Waals surface area contributed by atoms with Crippen molar-refractivity contribution in [2.75, 3.05) is 13.6 Å². The van der Waals surface area contributed by atoms with Gasteiger partial charge >= 0.3 is 0 Å². The van der Waals surface area contributed by atoms with Crippen LogP contribution < -0.4 is 10.1 Å². The molecule has 1 aromatic carbocycles. The van der Waals surface area contributed by atoms with E-state index in [9.17, 15) is 0 Å². The monoisotopic (exact) mass is 267 g/mol. The number of nitrogens with one attached hydrogen (secondary N) is 1. The van der Waals surface area contributed by atoms with Crippen molar-refractivity contribution in [3.8, 4) is 5.75 Å². The molecule has 0 amide bonds. The number of hydrogen-bond acceptors (Lipinski definition) is 2. The molecule has 1 N–H and O–H groups in total. The summed E-state index contributed by atoms with van der Waals surface area (Å²) in [5, 5.41) is 3.22. The summed E-state index contributed by atoms with van der Waals surface area (Å²) in [6.07, 6.45) is 14.2. The summed E-state index contributed by atoms with van der Waals surface area (Å²) in [5.74, 6) is 1.04. The van der Waals surface area contributed by atoms with Crippen LogP contribution in [0.2, 0.25) is 0 Å². The second-order valence-electron chi connectivity index (χ2n) is 5.27. The molecule has 2 nitrogen and oxygen atoms in total. The van der Waals surface area contributed by atoms with Crippen LogP contribution in [0.5, 0.6) is 5.75 Å². The molecule has 2 aliphatic rings. The van der Waals surface area contributed by atoms with Gasteiger partial charge in [-0.1, -0.05) is 42.5 Å². The second-order valence-corrected chi connectivity index (χ2v) is 5.27. The summed E-state index contributed by atoms with van der Waals surface area (Å²) in [6, 6.07) is 6.33. The summed E-state index contributed by atoms with van der Waals surface area (Å²) >= 11 is 0. The predicted molar refractivity (Wildman–Crippen MR) is 84.0 cm³/mol. The minimum Gasteiger partial charge on any atom is -0.485 e. The van der Waals surface area contributed by atoms with Gasteiger partial charge in [0.05, 0.1) is 0 Å². The van der Waals surface area contributed by atoms with E-state index in [-0.39, 0.29) is 6.10 Å². The van der Waals surface area contributed by atoms with Crippen LogP contribution in [0.4, 0.5) is 0 Å². The highest BCUT2D eigenvalue weighted by Gasteiger charge is 2.19. The third-order valence-corrected chi connectivity index (χ3v) is 3.89. The van der Waals surface area contributed by atoms with E-state index >= 15 is 0 Å². The Morgan fingerprint density at radius 2 is 2.20 bits per heavy atom. The van der Waals surface area contributed by atoms with E-state index < -0.39 is 0 Å². The molecule has 1 atom stereocenters. The summed E-state index contributed by atoms with van der Waals surface area (Å²) in [4.78, 5) is 0. The van der Waals surface area contributed by atoms with Crippen LogP contribution in [0.1, 0.15) is 24.0 Å². The Bertz CT molecular complexity index is 569. The summed E-state index contributed by atoms with van der Waals surface area (Å²) in [6.45, 7) is 0.961. The molecule has 2 aliphatic carbocycles. The van der Waals surface area contributed by atoms with Gasteiger partial charge in [0.1, 0.15) is 11.9 Å². The molecule has 20 heavy (non-hydrogen) atoms. The highest BCUT2D eigenvalue weighted by molar-refractivity contribution is 5.63. The molecule has 1 aromatic rings. The maximum Gasteiger partial charge on any atom is 0.125 e. The first-order valence-corrected chi connectivity index (χ1v) is 7.35. The zero-order valence-corrected chi connectivity index (χ0v) is 11.9. The van der Waals surface area contributed by atoms with Gasteiger partial charge in [-0.25, -0.2) is 0 Å². The number of fused-ring (bicyclic) bond motifs is 1. The van der Waals surface area contributed by atoms with Crippen molar-refractivity contribution in [1.82, 2.24) is 5.32 Å². The van der Waals surface area contributed by atoms with Gasteiger partial charge in [-0.05, 0) is 43.6 Å². The minimum absolute atomic E-state index is 0.147. The zero-order valence-electron chi connectivity index (χ0n) is 11.9. The molecule has 0 aliphatic heterocycles. The average molecular weight is 267 g/mol. The van der Waals surface area contributed by atoms with Crippen molar-refractivity contribution in [2.45, 2.75) is 25.4 Å². The summed E-state index contributed by atoms with van der Waals surface area (Å²) < 4.78 is 6.34. The zero-order chi connectivity index (χ0) is 13.8. The second kappa shape index (κ2) is 6.10. The molecule has 0 unspecified atom stereocenters. The smallest absolute Gasteiger partial charge is 0.125 e. The van der Waals surface area contributed by atoms with Crippen LogP contribution in [-0.4, -0.2) is 19.7 Å². The van der Waals surface area contributed by atoms with Crippen LogP contribution >= 0.6 is 0 Å². The number of rotatable bonds is 6. The molecular formula is C18H21NO. The van der Waals surface area contributed by atoms with Crippen molar-refractivity contribution < 1.29 is 4.74 Å². The van der Waals surface area contributed by atoms with Crippen LogP contribution in [0.3, 0.4) is 0 Å². The fraction of sp³-hybridized carbons (Fsp3) is 0.333. The fourth-order valence-electron chi connectivity index (χ4n) is 2.81. The molecule has 2 heteroatoms. The maximum atomic E-state index is 6.34. The maximum absolute atomic E-state index is 6.34. The van der Waals surface area contributed by atoms with Gasteiger partial charge in [-0.2, -0.15) is 0 Å². The van der Waals surface area contributed by atoms with E-state index in [1.807, 2.05) is 7.05 Å². The lowest BCUT2D eigenvalue weighted by Gasteiger charge is -2.21. The van der Waals surface area contributed by atoms with Crippen molar-refractivity contribution >= 4 is 6.08 Å². The Morgan fingerprint density at radius 3 is 3.00 bits per heavy atom. The lowest BCUT2D eigenvalue weighted by atomic mass is 10.1. The first-order valence-electron chi connectivity index (χ1n) is 7.35. The number of ether oxygens (including phenoxy) is 1. The highest BCUT2D eigenvalue weighted by atomic mass is 16.5. The Balaban J connectivity index is 1.79. The standard InChI is InChI=1S/C18H21NO/c1-19-13-12-17(15-6-2-3-7-15)20-18-11-5-9-14-8-4-10-16(14)18/h2,4-9,11,17,19H,3,10,12-13H2,1H3/t17-/m0/s1. The Hall–Kier alpha value is -1.80. The van der Waals surface area contributed by atoms with E-state index in [2.05, 4.69) is 53.9 Å². The molecule has 0 aromatic heterocycles. The van der Waals surface area contributed by atoms with Gasteiger partial charge in [0.15, 0.2) is 0 Å². The van der Waals surface area contributed by atoms with Crippen LogP contribution in [0, 0.1) is 0 Å². The van der Waals surface area contributed by atoms with Crippen LogP contribution in [0.15, 0.2) is 48.1 Å². The Labute approximate surface area is 120 Å². The topological polar surface area (TPSA) is 21.3 Å². The Morgan fingerprint density at radius 1 is 1.25 bits per heavy atom. The molecule has 3 rings (SSSR count). The molecule has 0 saturated heterocycles. The minimum atomic E-state index is 0.147. The molecule has 0 saturated carbocycles. The van der Waals surface area contributed by atoms with Gasteiger partial charge in [0.2, 0.25) is 0 Å². The van der Waals surface area contributed by atoms with Crippen molar-refractivity contribution in [1.29, 1.82) is 0 Å². The first-order chi connectivity index (χ1) is 9.88. The van der Waals surface area contributed by atoms with Crippen LogP contribution in [0.25, 0.3) is 6.08 Å². The van der Waals surface area contributed by atoms with Gasteiger partial charge < -0.3 is 10.1 Å². The lowest BCUT2D eigenvalue weighted by molar-refractivity contribution is 0.228. The summed E-state index contributed by atoms with van der Waals surface area (Å²) in [5.41, 5.74) is 3.93. The van der Waals surface area contributed by atoms with Crippen molar-refractivity contribution in [2.24, 2.45) is 0 Å². The number of allylic oxidation sites excluding steroid dienone is 3. The molecule has 0 heterocycles. The van der Waals surface area contributed by atoms with E-state index in [1.54, 1.807) is 0 Å². The average Bonchev–Trinajstić information content (AvgIpc) is 3.14. The molecule has 104 valence electrons. The van der Waals surface area contributed by atoms with Crippen molar-refractivity contribution in [3.63, 3.8) is 0 Å². The summed E-state index contributed by atoms with van der Waals surface area (Å²) in [7, 11) is 1.99. The third-order valence-electron chi connectivity index (χ3n) is 3.89. The molecule has 0 bridgehead atoms. The van der Waals surface area contributed by atoms with E-state index in [0.29, 0.717) is 0 Å². The quantitative estimate of drug-likeness (QED) is 0.851.